The van der Waals surface area contributed by atoms with E-state index in [1.807, 2.05) is 81.4 Å². The number of fused-ring (bicyclic) bond motifs is 1. The van der Waals surface area contributed by atoms with Gasteiger partial charge in [0.2, 0.25) is 17.7 Å². The third kappa shape index (κ3) is 7.31. The van der Waals surface area contributed by atoms with E-state index in [4.69, 9.17) is 9.47 Å². The maximum Gasteiger partial charge on any atom is 0.306 e. The smallest absolute Gasteiger partial charge is 0.306 e. The Balaban J connectivity index is 1.53. The maximum atomic E-state index is 14.9. The van der Waals surface area contributed by atoms with Gasteiger partial charge in [0.15, 0.2) is 0 Å². The van der Waals surface area contributed by atoms with Crippen molar-refractivity contribution in [2.45, 2.75) is 86.7 Å². The molecule has 0 saturated carbocycles. The first-order chi connectivity index (χ1) is 23.9. The molecule has 5 rings (SSSR count). The van der Waals surface area contributed by atoms with Gasteiger partial charge in [-0.3, -0.25) is 19.2 Å². The Kier molecular flexibility index (Phi) is 11.7. The van der Waals surface area contributed by atoms with Crippen LogP contribution < -0.4 is 5.32 Å². The van der Waals surface area contributed by atoms with E-state index < -0.39 is 71.6 Å². The number of esters is 1. The molecule has 2 bridgehead atoms. The number of nitrogens with zero attached hydrogens (tertiary/aromatic N) is 2. The molecule has 1 unspecified atom stereocenters. The molecule has 3 aliphatic rings. The molecule has 3 amide bonds. The summed E-state index contributed by atoms with van der Waals surface area (Å²) in [5, 5.41) is 13.9. The van der Waals surface area contributed by atoms with E-state index in [9.17, 15) is 24.3 Å². The van der Waals surface area contributed by atoms with Crippen LogP contribution in [-0.4, -0.2) is 92.5 Å². The Morgan fingerprint density at radius 3 is 2.38 bits per heavy atom. The largest absolute Gasteiger partial charge is 0.463 e. The van der Waals surface area contributed by atoms with Crippen molar-refractivity contribution in [3.8, 4) is 0 Å². The zero-order valence-corrected chi connectivity index (χ0v) is 30.6. The van der Waals surface area contributed by atoms with Gasteiger partial charge < -0.3 is 29.7 Å². The van der Waals surface area contributed by atoms with Gasteiger partial charge in [-0.05, 0) is 51.2 Å². The highest BCUT2D eigenvalue weighted by molar-refractivity contribution is 9.09. The number of benzene rings is 2. The van der Waals surface area contributed by atoms with Gasteiger partial charge in [0, 0.05) is 23.3 Å². The fraction of sp³-hybridized carbons (Fsp3) is 0.487. The Bertz CT molecular complexity index is 1560. The van der Waals surface area contributed by atoms with Crippen LogP contribution in [0.1, 0.15) is 57.2 Å². The molecule has 1 spiro atoms. The van der Waals surface area contributed by atoms with Gasteiger partial charge in [-0.2, -0.15) is 0 Å². The van der Waals surface area contributed by atoms with Crippen LogP contribution in [0.4, 0.5) is 0 Å². The number of aliphatic hydroxyl groups is 1. The number of nitrogens with one attached hydrogen (secondary N) is 1. The minimum absolute atomic E-state index is 0.107. The van der Waals surface area contributed by atoms with Crippen molar-refractivity contribution in [3.05, 3.63) is 97.1 Å². The molecule has 2 aromatic carbocycles. The Morgan fingerprint density at radius 2 is 1.78 bits per heavy atom. The fourth-order valence-electron chi connectivity index (χ4n) is 7.79. The quantitative estimate of drug-likeness (QED) is 0.156. The van der Waals surface area contributed by atoms with Gasteiger partial charge in [0.05, 0.1) is 36.6 Å². The summed E-state index contributed by atoms with van der Waals surface area (Å²) in [6.07, 6.45) is 3.85. The number of carbonyl (C=O) groups is 4. The summed E-state index contributed by atoms with van der Waals surface area (Å²) in [5.74, 6) is -3.53. The SMILES string of the molecule is C=CCCC(=O)OC[C@@H](NC(=O)[C@H]1[C@@H]2O[C@@]3(CC2Br)[C@@H]1C(=O)N([C@@H](CO)Cc1ccccc1)[C@@H]3C(=O)N(CC=C)C(C)(C)C)c1ccccc1. The molecule has 3 aliphatic heterocycles. The molecule has 0 aliphatic carbocycles. The number of alkyl halides is 1. The first-order valence-electron chi connectivity index (χ1n) is 17.2. The molecular weight excluding hydrogens is 702 g/mol. The summed E-state index contributed by atoms with van der Waals surface area (Å²) in [6, 6.07) is 16.1. The third-order valence-corrected chi connectivity index (χ3v) is 10.9. The Labute approximate surface area is 303 Å². The van der Waals surface area contributed by atoms with Crippen molar-refractivity contribution in [2.24, 2.45) is 11.8 Å². The highest BCUT2D eigenvalue weighted by Crippen LogP contribution is 2.60. The van der Waals surface area contributed by atoms with Crippen molar-refractivity contribution in [3.63, 3.8) is 0 Å². The second-order valence-electron chi connectivity index (χ2n) is 14.3. The lowest BCUT2D eigenvalue weighted by molar-refractivity contribution is -0.154. The van der Waals surface area contributed by atoms with E-state index in [2.05, 4.69) is 34.4 Å². The van der Waals surface area contributed by atoms with Crippen molar-refractivity contribution >= 4 is 39.6 Å². The number of amides is 3. The average molecular weight is 751 g/mol. The fourth-order valence-corrected chi connectivity index (χ4v) is 8.73. The topological polar surface area (TPSA) is 125 Å². The van der Waals surface area contributed by atoms with Crippen LogP contribution >= 0.6 is 15.9 Å². The van der Waals surface area contributed by atoms with Crippen LogP contribution in [0.5, 0.6) is 0 Å². The lowest BCUT2D eigenvalue weighted by Crippen LogP contribution is -2.62. The summed E-state index contributed by atoms with van der Waals surface area (Å²) < 4.78 is 12.3. The zero-order valence-electron chi connectivity index (χ0n) is 29.0. The van der Waals surface area contributed by atoms with Crippen LogP contribution in [-0.2, 0) is 35.1 Å². The minimum atomic E-state index is -1.33. The number of ether oxygens (including phenoxy) is 2. The van der Waals surface area contributed by atoms with Gasteiger partial charge in [-0.15, -0.1) is 13.2 Å². The summed E-state index contributed by atoms with van der Waals surface area (Å²) in [6.45, 7) is 13.0. The van der Waals surface area contributed by atoms with E-state index in [1.54, 1.807) is 17.1 Å². The highest BCUT2D eigenvalue weighted by atomic mass is 79.9. The predicted molar refractivity (Wildman–Crippen MR) is 193 cm³/mol. The monoisotopic (exact) mass is 749 g/mol. The number of allylic oxidation sites excluding steroid dienone is 1. The summed E-state index contributed by atoms with van der Waals surface area (Å²) >= 11 is 3.75. The third-order valence-electron chi connectivity index (χ3n) is 10.1. The average Bonchev–Trinajstić information content (AvgIpc) is 3.70. The lowest BCUT2D eigenvalue weighted by atomic mass is 9.70. The van der Waals surface area contributed by atoms with E-state index in [-0.39, 0.29) is 30.3 Å². The summed E-state index contributed by atoms with van der Waals surface area (Å²) in [4.78, 5) is 59.5. The number of halogens is 1. The molecule has 2 aromatic rings. The molecule has 3 heterocycles. The van der Waals surface area contributed by atoms with Crippen molar-refractivity contribution in [1.82, 2.24) is 15.1 Å². The van der Waals surface area contributed by atoms with Crippen LogP contribution in [0, 0.1) is 11.8 Å². The van der Waals surface area contributed by atoms with E-state index in [0.717, 1.165) is 11.1 Å². The van der Waals surface area contributed by atoms with E-state index >= 15 is 0 Å². The highest BCUT2D eigenvalue weighted by Gasteiger charge is 2.77. The molecule has 2 N–H and O–H groups in total. The molecule has 0 radical (unpaired) electrons. The number of rotatable bonds is 15. The maximum absolute atomic E-state index is 14.9. The molecule has 3 saturated heterocycles. The van der Waals surface area contributed by atoms with Gasteiger partial charge in [0.25, 0.3) is 0 Å². The molecule has 8 atom stereocenters. The van der Waals surface area contributed by atoms with Gasteiger partial charge in [-0.1, -0.05) is 88.7 Å². The van der Waals surface area contributed by atoms with Gasteiger partial charge >= 0.3 is 5.97 Å². The molecule has 50 heavy (non-hydrogen) atoms. The normalized spacial score (nSPS) is 26.5. The molecule has 3 fully saturated rings. The predicted octanol–water partition coefficient (Wildman–Crippen LogP) is 4.52. The number of carbonyl (C=O) groups excluding carboxylic acids is 4. The Hall–Kier alpha value is -3.80. The zero-order chi connectivity index (χ0) is 36.2. The molecule has 11 heteroatoms. The van der Waals surface area contributed by atoms with Crippen LogP contribution in [0.2, 0.25) is 0 Å². The van der Waals surface area contributed by atoms with E-state index in [1.165, 1.54) is 4.90 Å². The Morgan fingerprint density at radius 1 is 1.12 bits per heavy atom. The molecule has 268 valence electrons. The first-order valence-corrected chi connectivity index (χ1v) is 18.1. The molecular formula is C39H48BrN3O7. The minimum Gasteiger partial charge on any atom is -0.463 e. The van der Waals surface area contributed by atoms with E-state index in [0.29, 0.717) is 19.3 Å². The molecule has 10 nitrogen and oxygen atoms in total. The van der Waals surface area contributed by atoms with Gasteiger partial charge in [-0.25, -0.2) is 0 Å². The van der Waals surface area contributed by atoms with Gasteiger partial charge in [0.1, 0.15) is 18.2 Å². The summed E-state index contributed by atoms with van der Waals surface area (Å²) in [7, 11) is 0. The second-order valence-corrected chi connectivity index (χ2v) is 15.5. The van der Waals surface area contributed by atoms with Crippen molar-refractivity contribution in [2.75, 3.05) is 19.8 Å². The van der Waals surface area contributed by atoms with Crippen molar-refractivity contribution in [1.29, 1.82) is 0 Å². The van der Waals surface area contributed by atoms with Crippen LogP contribution in [0.15, 0.2) is 86.0 Å². The lowest BCUT2D eigenvalue weighted by Gasteiger charge is -2.43. The number of likely N-dealkylation sites (tertiary alicyclic amines) is 1. The first kappa shape index (κ1) is 37.5. The van der Waals surface area contributed by atoms with Crippen LogP contribution in [0.3, 0.4) is 0 Å². The summed E-state index contributed by atoms with van der Waals surface area (Å²) in [5.41, 5.74) is -0.336. The van der Waals surface area contributed by atoms with Crippen LogP contribution in [0.25, 0.3) is 0 Å². The number of aliphatic hydroxyl groups excluding tert-OH is 1. The second kappa shape index (κ2) is 15.6. The standard InChI is InChI=1S/C39H48BrN3O7/c1-6-8-19-30(45)49-24-29(26-17-13-10-14-18-26)41-35(46)31-32-36(47)43(27(23-44)21-25-15-11-9-12-16-25)34(39(32)22-28(40)33(31)50-39)37(48)42(20-7-2)38(3,4)5/h6-7,9-18,27-29,31-34,44H,1-2,8,19-24H2,3-5H3,(H,41,46)/t27-,28?,29-,31-,32+,33-,34-,39+/m1/s1. The number of hydrogen-bond donors (Lipinski definition) is 2. The van der Waals surface area contributed by atoms with Crippen molar-refractivity contribution < 1.29 is 33.8 Å². The number of hydrogen-bond acceptors (Lipinski definition) is 7. The molecule has 0 aromatic heterocycles.